The van der Waals surface area contributed by atoms with Gasteiger partial charge in [-0.25, -0.2) is 9.59 Å². The van der Waals surface area contributed by atoms with E-state index in [2.05, 4.69) is 18.6 Å². The number of ether oxygens (including phenoxy) is 2. The Morgan fingerprint density at radius 2 is 1.77 bits per heavy atom. The first-order valence-corrected chi connectivity index (χ1v) is 12.9. The molecule has 4 aliphatic rings. The molecule has 3 saturated carbocycles. The maximum absolute atomic E-state index is 11.9. The van der Waals surface area contributed by atoms with Crippen molar-refractivity contribution in [2.45, 2.75) is 77.4 Å². The van der Waals surface area contributed by atoms with Gasteiger partial charge >= 0.3 is 12.1 Å². The van der Waals surface area contributed by atoms with Gasteiger partial charge in [-0.1, -0.05) is 19.4 Å². The summed E-state index contributed by atoms with van der Waals surface area (Å²) in [6, 6.07) is -0.486. The zero-order valence-corrected chi connectivity index (χ0v) is 22.2. The minimum Gasteiger partial charge on any atom is -0.465 e. The molecule has 0 spiro atoms. The lowest BCUT2D eigenvalue weighted by atomic mass is 9.47. The maximum atomic E-state index is 11.9. The zero-order chi connectivity index (χ0) is 26.2. The molecule has 4 rings (SSSR count). The third-order valence-corrected chi connectivity index (χ3v) is 9.70. The van der Waals surface area contributed by atoms with E-state index in [-0.39, 0.29) is 29.5 Å². The Kier molecular flexibility index (Phi) is 8.07. The number of carboxylic acid groups (broad SMARTS) is 1. The van der Waals surface area contributed by atoms with E-state index in [1.54, 1.807) is 0 Å². The van der Waals surface area contributed by atoms with Gasteiger partial charge in [0.1, 0.15) is 12.7 Å². The van der Waals surface area contributed by atoms with E-state index in [4.69, 9.17) is 14.9 Å². The number of aliphatic hydroxyl groups is 1. The first-order valence-electron chi connectivity index (χ1n) is 12.9. The quantitative estimate of drug-likeness (QED) is 0.452. The van der Waals surface area contributed by atoms with Crippen LogP contribution in [0.15, 0.2) is 11.6 Å². The highest BCUT2D eigenvalue weighted by Gasteiger charge is 2.60. The van der Waals surface area contributed by atoms with Gasteiger partial charge in [-0.2, -0.15) is 0 Å². The van der Waals surface area contributed by atoms with Crippen LogP contribution < -0.4 is 0 Å². The second kappa shape index (κ2) is 10.2. The molecule has 35 heavy (non-hydrogen) atoms. The number of quaternary nitrogens is 1. The highest BCUT2D eigenvalue weighted by atomic mass is 16.7. The van der Waals surface area contributed by atoms with E-state index in [0.717, 1.165) is 44.9 Å². The fraction of sp³-hybridized carbons (Fsp3) is 0.815. The first-order chi connectivity index (χ1) is 16.3. The summed E-state index contributed by atoms with van der Waals surface area (Å²) in [5.74, 6) is 1.79. The number of ketones is 1. The van der Waals surface area contributed by atoms with Crippen molar-refractivity contribution < 1.29 is 38.6 Å². The number of carbonyl (C=O) groups excluding carboxylic acids is 2. The van der Waals surface area contributed by atoms with Crippen molar-refractivity contribution in [2.75, 3.05) is 34.9 Å². The lowest BCUT2D eigenvalue weighted by molar-refractivity contribution is -0.887. The SMILES string of the molecule is COC(=O)[C@H](CO)[N+](C)(C)C.C[C@]12CC[C@H]3[C@@H](CCC4=CC(=O)CC[C@@]43C)[C@@H]1CC[C@@H]2OC(=O)O. The summed E-state index contributed by atoms with van der Waals surface area (Å²) in [7, 11) is 6.81. The minimum absolute atomic E-state index is 0.00161. The van der Waals surface area contributed by atoms with Gasteiger partial charge < -0.3 is 24.2 Å². The molecule has 0 radical (unpaired) electrons. The van der Waals surface area contributed by atoms with Crippen molar-refractivity contribution in [3.05, 3.63) is 11.6 Å². The molecule has 8 heteroatoms. The van der Waals surface area contributed by atoms with Crippen LogP contribution in [0.3, 0.4) is 0 Å². The number of hydrogen-bond acceptors (Lipinski definition) is 6. The minimum atomic E-state index is -1.13. The lowest BCUT2D eigenvalue weighted by Gasteiger charge is -2.57. The molecule has 0 amide bonds. The van der Waals surface area contributed by atoms with E-state index in [9.17, 15) is 14.4 Å². The summed E-state index contributed by atoms with van der Waals surface area (Å²) in [4.78, 5) is 33.9. The van der Waals surface area contributed by atoms with Gasteiger partial charge in [0.05, 0.1) is 28.3 Å². The molecule has 0 aromatic rings. The maximum Gasteiger partial charge on any atom is 0.506 e. The van der Waals surface area contributed by atoms with Crippen LogP contribution in [0.25, 0.3) is 0 Å². The van der Waals surface area contributed by atoms with Gasteiger partial charge in [0.2, 0.25) is 6.04 Å². The van der Waals surface area contributed by atoms with Crippen molar-refractivity contribution in [2.24, 2.45) is 28.6 Å². The van der Waals surface area contributed by atoms with Crippen molar-refractivity contribution >= 4 is 17.9 Å². The van der Waals surface area contributed by atoms with Crippen molar-refractivity contribution in [1.29, 1.82) is 0 Å². The lowest BCUT2D eigenvalue weighted by Crippen LogP contribution is -2.52. The van der Waals surface area contributed by atoms with Crippen LogP contribution in [0, 0.1) is 28.6 Å². The van der Waals surface area contributed by atoms with E-state index in [0.29, 0.717) is 34.4 Å². The number of rotatable bonds is 4. The van der Waals surface area contributed by atoms with Gasteiger partial charge in [0.25, 0.3) is 0 Å². The summed E-state index contributed by atoms with van der Waals surface area (Å²) < 4.78 is 10.2. The van der Waals surface area contributed by atoms with E-state index >= 15 is 0 Å². The number of fused-ring (bicyclic) bond motifs is 5. The Morgan fingerprint density at radius 1 is 1.09 bits per heavy atom. The number of hydrogen-bond donors (Lipinski definition) is 2. The Bertz CT molecular complexity index is 862. The van der Waals surface area contributed by atoms with Gasteiger partial charge in [0.15, 0.2) is 5.78 Å². The predicted octanol–water partition coefficient (Wildman–Crippen LogP) is 3.81. The molecule has 0 aromatic carbocycles. The fourth-order valence-electron chi connectivity index (χ4n) is 7.60. The third kappa shape index (κ3) is 5.29. The second-order valence-electron chi connectivity index (χ2n) is 12.3. The molecular formula is C27H44NO7+. The molecule has 0 aliphatic heterocycles. The Hall–Kier alpha value is -1.93. The molecule has 0 aromatic heterocycles. The normalized spacial score (nSPS) is 36.9. The topological polar surface area (TPSA) is 110 Å². The van der Waals surface area contributed by atoms with Crippen molar-refractivity contribution in [3.63, 3.8) is 0 Å². The van der Waals surface area contributed by atoms with Crippen LogP contribution in [0.1, 0.15) is 65.2 Å². The summed E-state index contributed by atoms with van der Waals surface area (Å²) >= 11 is 0. The Balaban J connectivity index is 0.000000266. The van der Waals surface area contributed by atoms with Crippen molar-refractivity contribution in [1.82, 2.24) is 0 Å². The first kappa shape index (κ1) is 27.7. The van der Waals surface area contributed by atoms with E-state index in [1.165, 1.54) is 12.7 Å². The number of allylic oxidation sites excluding steroid dienone is 1. The largest absolute Gasteiger partial charge is 0.506 e. The molecule has 2 N–H and O–H groups in total. The Labute approximate surface area is 209 Å². The standard InChI is InChI=1S/C20H28O4.C7H16NO3/c1-19-9-7-13(21)11-12(19)3-4-14-15-5-6-17(24-18(22)23)20(15,2)10-8-16(14)19;1-8(2,3)6(5-9)7(10)11-4/h11,14-17H,3-10H2,1-2H3,(H,22,23);6,9H,5H2,1-4H3/q;+1/t14-,15-,16-,17-,19-,20-;6-/m00/s1. The monoisotopic (exact) mass is 494 g/mol. The molecule has 0 saturated heterocycles. The highest BCUT2D eigenvalue weighted by Crippen LogP contribution is 2.65. The predicted molar refractivity (Wildman–Crippen MR) is 131 cm³/mol. The molecule has 8 nitrogen and oxygen atoms in total. The van der Waals surface area contributed by atoms with Gasteiger partial charge in [-0.05, 0) is 74.2 Å². The number of nitrogens with zero attached hydrogens (tertiary/aromatic N) is 1. The number of carbonyl (C=O) groups is 3. The van der Waals surface area contributed by atoms with Gasteiger partial charge in [-0.3, -0.25) is 4.79 Å². The van der Waals surface area contributed by atoms with E-state index < -0.39 is 12.2 Å². The van der Waals surface area contributed by atoms with Crippen LogP contribution in [0.2, 0.25) is 0 Å². The highest BCUT2D eigenvalue weighted by molar-refractivity contribution is 5.91. The molecule has 0 unspecified atom stereocenters. The van der Waals surface area contributed by atoms with Crippen LogP contribution >= 0.6 is 0 Å². The number of methoxy groups -OCH3 is 1. The van der Waals surface area contributed by atoms with Crippen LogP contribution in [-0.2, 0) is 19.1 Å². The number of likely N-dealkylation sites (N-methyl/N-ethyl adjacent to an activating group) is 1. The molecule has 0 bridgehead atoms. The number of aliphatic hydroxyl groups excluding tert-OH is 1. The molecular weight excluding hydrogens is 450 g/mol. The summed E-state index contributed by atoms with van der Waals surface area (Å²) in [6.07, 6.45) is 8.70. The van der Waals surface area contributed by atoms with Crippen molar-refractivity contribution in [3.8, 4) is 0 Å². The molecule has 198 valence electrons. The van der Waals surface area contributed by atoms with E-state index in [1.807, 2.05) is 27.2 Å². The van der Waals surface area contributed by atoms with Gasteiger partial charge in [0, 0.05) is 11.8 Å². The van der Waals surface area contributed by atoms with Crippen LogP contribution in [0.5, 0.6) is 0 Å². The summed E-state index contributed by atoms with van der Waals surface area (Å²) in [6.45, 7) is 4.45. The average molecular weight is 495 g/mol. The Morgan fingerprint density at radius 3 is 2.31 bits per heavy atom. The zero-order valence-electron chi connectivity index (χ0n) is 22.2. The molecule has 0 heterocycles. The average Bonchev–Trinajstić information content (AvgIpc) is 3.09. The molecule has 3 fully saturated rings. The molecule has 4 aliphatic carbocycles. The number of esters is 1. The van der Waals surface area contributed by atoms with Crippen LogP contribution in [0.4, 0.5) is 4.79 Å². The van der Waals surface area contributed by atoms with Gasteiger partial charge in [-0.15, -0.1) is 0 Å². The smallest absolute Gasteiger partial charge is 0.465 e. The summed E-state index contributed by atoms with van der Waals surface area (Å²) in [5, 5.41) is 17.9. The third-order valence-electron chi connectivity index (χ3n) is 9.70. The molecule has 7 atom stereocenters. The second-order valence-corrected chi connectivity index (χ2v) is 12.3. The van der Waals surface area contributed by atoms with Crippen LogP contribution in [-0.4, -0.2) is 79.6 Å². The fourth-order valence-corrected chi connectivity index (χ4v) is 7.60. The summed E-state index contributed by atoms with van der Waals surface area (Å²) in [5.41, 5.74) is 1.57.